The summed E-state index contributed by atoms with van der Waals surface area (Å²) in [6.07, 6.45) is 0.0357. The smallest absolute Gasteiger partial charge is 0.320 e. The van der Waals surface area contributed by atoms with Crippen molar-refractivity contribution in [2.24, 2.45) is 0 Å². The summed E-state index contributed by atoms with van der Waals surface area (Å²) in [7, 11) is 0. The van der Waals surface area contributed by atoms with Crippen LogP contribution in [0.15, 0.2) is 18.2 Å². The molecule has 1 saturated heterocycles. The number of carbonyl (C=O) groups is 5. The summed E-state index contributed by atoms with van der Waals surface area (Å²) >= 11 is 0. The fourth-order valence-electron chi connectivity index (χ4n) is 3.83. The van der Waals surface area contributed by atoms with Crippen LogP contribution in [0.4, 0.5) is 5.69 Å². The topological polar surface area (TPSA) is 130 Å². The highest BCUT2D eigenvalue weighted by Gasteiger charge is 2.47. The molecule has 1 aromatic rings. The molecule has 0 bridgehead atoms. The fourth-order valence-corrected chi connectivity index (χ4v) is 3.83. The molecular formula is C21H26N4O6. The van der Waals surface area contributed by atoms with Crippen LogP contribution < -0.4 is 5.73 Å². The molecule has 1 aromatic carbocycles. The predicted octanol–water partition coefficient (Wildman–Crippen LogP) is 0.267. The van der Waals surface area contributed by atoms with E-state index in [9.17, 15) is 24.0 Å². The molecule has 1 unspecified atom stereocenters. The summed E-state index contributed by atoms with van der Waals surface area (Å²) in [4.78, 5) is 66.5. The number of nitrogens with two attached hydrogens (primary N) is 1. The number of hydrogen-bond acceptors (Lipinski definition) is 8. The van der Waals surface area contributed by atoms with E-state index in [-0.39, 0.29) is 49.4 Å². The summed E-state index contributed by atoms with van der Waals surface area (Å²) in [5.41, 5.74) is 6.23. The van der Waals surface area contributed by atoms with Crippen molar-refractivity contribution in [2.75, 3.05) is 38.5 Å². The van der Waals surface area contributed by atoms with E-state index in [1.54, 1.807) is 6.07 Å². The van der Waals surface area contributed by atoms with Crippen molar-refractivity contribution in [3.05, 3.63) is 29.3 Å². The Morgan fingerprint density at radius 2 is 1.87 bits per heavy atom. The molecule has 2 aliphatic rings. The molecule has 10 nitrogen and oxygen atoms in total. The molecule has 166 valence electrons. The minimum Gasteiger partial charge on any atom is -0.463 e. The number of rotatable bonds is 8. The Morgan fingerprint density at radius 3 is 2.52 bits per heavy atom. The van der Waals surface area contributed by atoms with Crippen LogP contribution in [0.3, 0.4) is 0 Å². The number of benzene rings is 1. The zero-order chi connectivity index (χ0) is 22.7. The first kappa shape index (κ1) is 22.4. The summed E-state index contributed by atoms with van der Waals surface area (Å²) in [5.74, 6) is -2.80. The van der Waals surface area contributed by atoms with E-state index < -0.39 is 35.6 Å². The Labute approximate surface area is 179 Å². The Balaban J connectivity index is 1.66. The van der Waals surface area contributed by atoms with Crippen molar-refractivity contribution in [1.82, 2.24) is 14.7 Å². The lowest BCUT2D eigenvalue weighted by molar-refractivity contribution is -0.155. The van der Waals surface area contributed by atoms with Gasteiger partial charge in [-0.25, -0.2) is 0 Å². The third-order valence-corrected chi connectivity index (χ3v) is 5.60. The zero-order valence-electron chi connectivity index (χ0n) is 17.6. The van der Waals surface area contributed by atoms with E-state index >= 15 is 0 Å². The average Bonchev–Trinajstić information content (AvgIpc) is 3.00. The van der Waals surface area contributed by atoms with E-state index in [0.717, 1.165) is 9.80 Å². The number of hydrogen-bond donors (Lipinski definition) is 1. The molecule has 1 fully saturated rings. The number of piperidine rings is 1. The molecule has 0 radical (unpaired) electrons. The number of nitrogen functional groups attached to an aromatic ring is 1. The van der Waals surface area contributed by atoms with Crippen LogP contribution in [0.25, 0.3) is 0 Å². The third kappa shape index (κ3) is 4.29. The maximum Gasteiger partial charge on any atom is 0.320 e. The number of esters is 1. The van der Waals surface area contributed by atoms with Crippen LogP contribution in [-0.2, 0) is 19.1 Å². The van der Waals surface area contributed by atoms with Crippen LogP contribution in [-0.4, -0.2) is 83.1 Å². The number of likely N-dealkylation sites (tertiary alicyclic amines) is 1. The predicted molar refractivity (Wildman–Crippen MR) is 110 cm³/mol. The first-order valence-corrected chi connectivity index (χ1v) is 10.3. The molecule has 0 spiro atoms. The van der Waals surface area contributed by atoms with E-state index in [0.29, 0.717) is 13.1 Å². The van der Waals surface area contributed by atoms with Gasteiger partial charge < -0.3 is 10.5 Å². The Bertz CT molecular complexity index is 926. The van der Waals surface area contributed by atoms with Crippen LogP contribution in [0.2, 0.25) is 0 Å². The lowest BCUT2D eigenvalue weighted by atomic mass is 10.0. The number of amides is 4. The molecule has 4 amide bonds. The SMILES string of the molecule is CCN(CC)CC(=O)OCCN1C(=O)CCC(N2C(=O)c3cccc(N)c3C2=O)C1=O. The van der Waals surface area contributed by atoms with Gasteiger partial charge in [0.15, 0.2) is 0 Å². The van der Waals surface area contributed by atoms with E-state index in [1.807, 2.05) is 18.7 Å². The molecule has 1 atom stereocenters. The zero-order valence-corrected chi connectivity index (χ0v) is 17.6. The summed E-state index contributed by atoms with van der Waals surface area (Å²) in [5, 5.41) is 0. The van der Waals surface area contributed by atoms with Crippen molar-refractivity contribution >= 4 is 35.3 Å². The number of ether oxygens (including phenoxy) is 1. The molecule has 0 saturated carbocycles. The molecule has 31 heavy (non-hydrogen) atoms. The Kier molecular flexibility index (Phi) is 6.69. The van der Waals surface area contributed by atoms with E-state index in [1.165, 1.54) is 12.1 Å². The standard InChI is InChI=1S/C21H26N4O6/c1-3-23(4-2)12-17(27)31-11-10-24-16(26)9-8-15(20(24)29)25-19(28)13-6-5-7-14(22)18(13)21(25)30/h5-7,15H,3-4,8-12,22H2,1-2H3. The molecule has 3 rings (SSSR count). The van der Waals surface area contributed by atoms with Gasteiger partial charge >= 0.3 is 5.97 Å². The minimum absolute atomic E-state index is 0.00725. The summed E-state index contributed by atoms with van der Waals surface area (Å²) < 4.78 is 5.15. The number of nitrogens with zero attached hydrogens (tertiary/aromatic N) is 3. The molecule has 2 N–H and O–H groups in total. The molecule has 10 heteroatoms. The van der Waals surface area contributed by atoms with Crippen molar-refractivity contribution in [3.8, 4) is 0 Å². The number of imide groups is 2. The van der Waals surface area contributed by atoms with Gasteiger partial charge in [0.05, 0.1) is 24.2 Å². The minimum atomic E-state index is -1.10. The maximum absolute atomic E-state index is 13.0. The molecule has 2 aliphatic heterocycles. The van der Waals surface area contributed by atoms with Gasteiger partial charge in [-0.05, 0) is 31.6 Å². The van der Waals surface area contributed by atoms with Crippen LogP contribution in [0, 0.1) is 0 Å². The molecular weight excluding hydrogens is 404 g/mol. The number of carbonyl (C=O) groups excluding carboxylic acids is 5. The highest BCUT2D eigenvalue weighted by Crippen LogP contribution is 2.31. The molecule has 0 aromatic heterocycles. The quantitative estimate of drug-likeness (QED) is 0.353. The second-order valence-electron chi connectivity index (χ2n) is 7.37. The number of fused-ring (bicyclic) bond motifs is 1. The van der Waals surface area contributed by atoms with Gasteiger partial charge in [0.25, 0.3) is 17.7 Å². The fraction of sp³-hybridized carbons (Fsp3) is 0.476. The largest absolute Gasteiger partial charge is 0.463 e. The van der Waals surface area contributed by atoms with Crippen LogP contribution >= 0.6 is 0 Å². The van der Waals surface area contributed by atoms with Gasteiger partial charge in [-0.15, -0.1) is 0 Å². The van der Waals surface area contributed by atoms with Gasteiger partial charge in [-0.3, -0.25) is 38.7 Å². The lowest BCUT2D eigenvalue weighted by Crippen LogP contribution is -2.56. The van der Waals surface area contributed by atoms with Gasteiger partial charge in [0.2, 0.25) is 5.91 Å². The maximum atomic E-state index is 13.0. The van der Waals surface area contributed by atoms with Gasteiger partial charge in [-0.1, -0.05) is 19.9 Å². The highest BCUT2D eigenvalue weighted by atomic mass is 16.5. The highest BCUT2D eigenvalue weighted by molar-refractivity contribution is 6.25. The third-order valence-electron chi connectivity index (χ3n) is 5.60. The van der Waals surface area contributed by atoms with Gasteiger partial charge in [0.1, 0.15) is 12.6 Å². The van der Waals surface area contributed by atoms with Crippen molar-refractivity contribution in [1.29, 1.82) is 0 Å². The average molecular weight is 430 g/mol. The normalized spacial score (nSPS) is 18.7. The first-order chi connectivity index (χ1) is 14.8. The van der Waals surface area contributed by atoms with Crippen molar-refractivity contribution in [2.45, 2.75) is 32.7 Å². The van der Waals surface area contributed by atoms with Crippen LogP contribution in [0.5, 0.6) is 0 Å². The summed E-state index contributed by atoms with van der Waals surface area (Å²) in [6.45, 7) is 5.07. The monoisotopic (exact) mass is 430 g/mol. The molecule has 0 aliphatic carbocycles. The van der Waals surface area contributed by atoms with Crippen molar-refractivity contribution < 1.29 is 28.7 Å². The molecule has 2 heterocycles. The van der Waals surface area contributed by atoms with Gasteiger partial charge in [0, 0.05) is 12.1 Å². The van der Waals surface area contributed by atoms with Crippen molar-refractivity contribution in [3.63, 3.8) is 0 Å². The Morgan fingerprint density at radius 1 is 1.16 bits per heavy atom. The van der Waals surface area contributed by atoms with Crippen LogP contribution in [0.1, 0.15) is 47.4 Å². The lowest BCUT2D eigenvalue weighted by Gasteiger charge is -2.34. The van der Waals surface area contributed by atoms with E-state index in [2.05, 4.69) is 0 Å². The summed E-state index contributed by atoms with van der Waals surface area (Å²) in [6, 6.07) is 3.46. The Hall–Kier alpha value is -3.27. The number of likely N-dealkylation sites (N-methyl/N-ethyl adjacent to an activating group) is 1. The number of anilines is 1. The second kappa shape index (κ2) is 9.25. The first-order valence-electron chi connectivity index (χ1n) is 10.3. The van der Waals surface area contributed by atoms with Gasteiger partial charge in [-0.2, -0.15) is 0 Å². The van der Waals surface area contributed by atoms with E-state index in [4.69, 9.17) is 10.5 Å². The second-order valence-corrected chi connectivity index (χ2v) is 7.37.